The highest BCUT2D eigenvalue weighted by molar-refractivity contribution is 6.32. The van der Waals surface area contributed by atoms with Gasteiger partial charge < -0.3 is 9.64 Å². The van der Waals surface area contributed by atoms with Crippen LogP contribution in [0.4, 0.5) is 10.1 Å². The summed E-state index contributed by atoms with van der Waals surface area (Å²) in [5.74, 6) is -1.64. The van der Waals surface area contributed by atoms with Crippen molar-refractivity contribution in [1.82, 2.24) is 0 Å². The molecule has 0 unspecified atom stereocenters. The van der Waals surface area contributed by atoms with E-state index in [2.05, 4.69) is 0 Å². The number of carbonyl (C=O) groups is 3. The van der Waals surface area contributed by atoms with Gasteiger partial charge in [-0.3, -0.25) is 14.4 Å². The van der Waals surface area contributed by atoms with Crippen LogP contribution in [0.1, 0.15) is 48.1 Å². The van der Waals surface area contributed by atoms with Crippen molar-refractivity contribution >= 4 is 29.1 Å². The summed E-state index contributed by atoms with van der Waals surface area (Å²) in [4.78, 5) is 45.7. The lowest BCUT2D eigenvalue weighted by atomic mass is 9.64. The molecular weight excluding hydrogens is 505 g/mol. The molecule has 0 saturated carbocycles. The fourth-order valence-electron chi connectivity index (χ4n) is 6.91. The van der Waals surface area contributed by atoms with Gasteiger partial charge in [-0.2, -0.15) is 0 Å². The van der Waals surface area contributed by atoms with Crippen LogP contribution < -0.4 is 9.64 Å². The van der Waals surface area contributed by atoms with E-state index >= 15 is 0 Å². The van der Waals surface area contributed by atoms with E-state index in [0.717, 1.165) is 11.3 Å². The van der Waals surface area contributed by atoms with Crippen molar-refractivity contribution in [2.24, 2.45) is 5.41 Å². The number of ketones is 3. The molecule has 4 aromatic carbocycles. The van der Waals surface area contributed by atoms with Gasteiger partial charge in [0.15, 0.2) is 17.3 Å². The quantitative estimate of drug-likeness (QED) is 0.234. The largest absolute Gasteiger partial charge is 0.497 e. The first-order chi connectivity index (χ1) is 19.5. The first kappa shape index (κ1) is 24.2. The second-order valence-corrected chi connectivity index (χ2v) is 10.4. The molecule has 6 heteroatoms. The molecule has 1 saturated heterocycles. The lowest BCUT2D eigenvalue weighted by Crippen LogP contribution is -2.48. The van der Waals surface area contributed by atoms with Crippen LogP contribution in [-0.4, -0.2) is 36.5 Å². The number of nitrogens with zero attached hydrogens (tertiary/aromatic N) is 1. The molecule has 196 valence electrons. The van der Waals surface area contributed by atoms with Crippen LogP contribution in [0, 0.1) is 11.2 Å². The smallest absolute Gasteiger partial charge is 0.185 e. The van der Waals surface area contributed by atoms with Crippen molar-refractivity contribution in [3.63, 3.8) is 0 Å². The molecule has 7 rings (SSSR count). The number of Topliss-reactive ketones (excluding diaryl/α,β-unsaturated/α-hetero) is 3. The lowest BCUT2D eigenvalue weighted by molar-refractivity contribution is 0.0665. The van der Waals surface area contributed by atoms with Crippen LogP contribution in [0.3, 0.4) is 0 Å². The van der Waals surface area contributed by atoms with Crippen molar-refractivity contribution in [2.75, 3.05) is 12.0 Å². The molecule has 2 aliphatic heterocycles. The van der Waals surface area contributed by atoms with Gasteiger partial charge in [0.2, 0.25) is 0 Å². The highest BCUT2D eigenvalue weighted by Gasteiger charge is 2.71. The molecule has 3 aliphatic rings. The summed E-state index contributed by atoms with van der Waals surface area (Å²) in [6.07, 6.45) is 3.81. The van der Waals surface area contributed by atoms with E-state index in [-0.39, 0.29) is 17.3 Å². The number of hydrogen-bond acceptors (Lipinski definition) is 5. The summed E-state index contributed by atoms with van der Waals surface area (Å²) in [7, 11) is 1.55. The fraction of sp³-hybridized carbons (Fsp3) is 0.147. The van der Waals surface area contributed by atoms with E-state index in [1.807, 2.05) is 47.4 Å². The number of rotatable bonds is 4. The summed E-state index contributed by atoms with van der Waals surface area (Å²) >= 11 is 0. The topological polar surface area (TPSA) is 63.7 Å². The second-order valence-electron chi connectivity index (χ2n) is 10.4. The fourth-order valence-corrected chi connectivity index (χ4v) is 6.91. The molecule has 40 heavy (non-hydrogen) atoms. The predicted octanol–water partition coefficient (Wildman–Crippen LogP) is 6.15. The third-order valence-electron chi connectivity index (χ3n) is 8.56. The molecule has 0 N–H and O–H groups in total. The highest BCUT2D eigenvalue weighted by atomic mass is 19.1. The molecule has 1 spiro atoms. The molecule has 0 bridgehead atoms. The maximum atomic E-state index is 14.6. The zero-order chi connectivity index (χ0) is 27.6. The minimum Gasteiger partial charge on any atom is -0.497 e. The molecule has 2 heterocycles. The molecule has 1 aliphatic carbocycles. The lowest BCUT2D eigenvalue weighted by Gasteiger charge is -2.37. The molecule has 0 aromatic heterocycles. The molecular formula is C34H24FNO4. The van der Waals surface area contributed by atoms with Crippen LogP contribution in [0.2, 0.25) is 0 Å². The normalized spacial score (nSPS) is 21.8. The van der Waals surface area contributed by atoms with Crippen molar-refractivity contribution in [3.8, 4) is 5.75 Å². The van der Waals surface area contributed by atoms with Crippen molar-refractivity contribution in [3.05, 3.63) is 137 Å². The van der Waals surface area contributed by atoms with Gasteiger partial charge >= 0.3 is 0 Å². The van der Waals surface area contributed by atoms with Crippen LogP contribution >= 0.6 is 0 Å². The number of ether oxygens (including phenoxy) is 1. The van der Waals surface area contributed by atoms with E-state index in [1.165, 1.54) is 24.3 Å². The number of fused-ring (bicyclic) bond motifs is 5. The standard InChI is InChI=1S/C34H24FNO4/c1-40-24-9-6-8-22(19-24)29-30(31(37)21-13-16-23(35)17-14-21)36-27-12-5-2-7-20(27)15-18-28(36)34(29)32(38)25-10-3-4-11-26(25)33(34)39/h2-19,28-30H,1H3/t28-,29+,30-/m0/s1. The Kier molecular flexibility index (Phi) is 5.36. The number of halogens is 1. The Morgan fingerprint density at radius 1 is 0.850 bits per heavy atom. The summed E-state index contributed by atoms with van der Waals surface area (Å²) in [6.45, 7) is 0. The Morgan fingerprint density at radius 2 is 1.52 bits per heavy atom. The first-order valence-electron chi connectivity index (χ1n) is 13.1. The summed E-state index contributed by atoms with van der Waals surface area (Å²) in [5.41, 5.74) is 1.72. The number of hydrogen-bond donors (Lipinski definition) is 0. The van der Waals surface area contributed by atoms with E-state index in [4.69, 9.17) is 4.74 Å². The Bertz CT molecular complexity index is 1710. The minimum atomic E-state index is -1.60. The van der Waals surface area contributed by atoms with Crippen LogP contribution in [0.25, 0.3) is 6.08 Å². The second kappa shape index (κ2) is 8.85. The molecule has 3 atom stereocenters. The maximum Gasteiger partial charge on any atom is 0.185 e. The van der Waals surface area contributed by atoms with Crippen LogP contribution in [0.5, 0.6) is 5.75 Å². The highest BCUT2D eigenvalue weighted by Crippen LogP contribution is 2.61. The average molecular weight is 530 g/mol. The Balaban J connectivity index is 1.55. The van der Waals surface area contributed by atoms with Gasteiger partial charge in [-0.1, -0.05) is 66.7 Å². The Labute approximate surface area is 230 Å². The number of benzene rings is 4. The summed E-state index contributed by atoms with van der Waals surface area (Å²) in [5, 5.41) is 0. The van der Waals surface area contributed by atoms with Gasteiger partial charge in [-0.15, -0.1) is 0 Å². The van der Waals surface area contributed by atoms with Gasteiger partial charge in [0.05, 0.1) is 13.2 Å². The minimum absolute atomic E-state index is 0.295. The Hall–Kier alpha value is -4.84. The molecule has 1 fully saturated rings. The van der Waals surface area contributed by atoms with E-state index in [9.17, 15) is 18.8 Å². The number of anilines is 1. The van der Waals surface area contributed by atoms with Gasteiger partial charge in [0, 0.05) is 28.3 Å². The Morgan fingerprint density at radius 3 is 2.23 bits per heavy atom. The predicted molar refractivity (Wildman–Crippen MR) is 150 cm³/mol. The van der Waals surface area contributed by atoms with Crippen LogP contribution in [0.15, 0.2) is 103 Å². The van der Waals surface area contributed by atoms with Crippen LogP contribution in [-0.2, 0) is 0 Å². The first-order valence-corrected chi connectivity index (χ1v) is 13.1. The third-order valence-corrected chi connectivity index (χ3v) is 8.56. The van der Waals surface area contributed by atoms with E-state index in [1.54, 1.807) is 49.6 Å². The van der Waals surface area contributed by atoms with Crippen molar-refractivity contribution < 1.29 is 23.5 Å². The van der Waals surface area contributed by atoms with Gasteiger partial charge in [0.25, 0.3) is 0 Å². The molecule has 5 nitrogen and oxygen atoms in total. The van der Waals surface area contributed by atoms with E-state index in [0.29, 0.717) is 28.0 Å². The maximum absolute atomic E-state index is 14.6. The number of para-hydroxylation sites is 1. The van der Waals surface area contributed by atoms with E-state index < -0.39 is 29.2 Å². The van der Waals surface area contributed by atoms with Crippen molar-refractivity contribution in [2.45, 2.75) is 18.0 Å². The SMILES string of the molecule is COc1cccc([C@@H]2[C@@H](C(=O)c3ccc(F)cc3)N3c4ccccc4C=C[C@H]3C23C(=O)c2ccccc2C3=O)c1. The zero-order valence-corrected chi connectivity index (χ0v) is 21.6. The molecule has 4 aromatic rings. The number of carbonyl (C=O) groups excluding carboxylic acids is 3. The van der Waals surface area contributed by atoms with Gasteiger partial charge in [-0.25, -0.2) is 4.39 Å². The monoisotopic (exact) mass is 529 g/mol. The van der Waals surface area contributed by atoms with Crippen molar-refractivity contribution in [1.29, 1.82) is 0 Å². The number of methoxy groups -OCH3 is 1. The molecule has 0 amide bonds. The zero-order valence-electron chi connectivity index (χ0n) is 21.6. The van der Waals surface area contributed by atoms with Gasteiger partial charge in [-0.05, 0) is 53.6 Å². The molecule has 0 radical (unpaired) electrons. The summed E-state index contributed by atoms with van der Waals surface area (Å²) in [6, 6.07) is 25.5. The summed E-state index contributed by atoms with van der Waals surface area (Å²) < 4.78 is 19.4. The average Bonchev–Trinajstić information content (AvgIpc) is 3.43. The third kappa shape index (κ3) is 3.16. The van der Waals surface area contributed by atoms with Gasteiger partial charge in [0.1, 0.15) is 23.0 Å².